The number of hydrogen-bond donors (Lipinski definition) is 0. The monoisotopic (exact) mass is 360 g/mol. The topological polar surface area (TPSA) is 39.4 Å². The molecule has 0 spiro atoms. The highest BCUT2D eigenvalue weighted by molar-refractivity contribution is 5.91. The molecule has 0 atom stereocenters. The van der Waals surface area contributed by atoms with Crippen LogP contribution in [0.2, 0.25) is 0 Å². The van der Waals surface area contributed by atoms with Gasteiger partial charge in [0.15, 0.2) is 0 Å². The Hall–Kier alpha value is -2.76. The molecule has 6 heteroatoms. The third-order valence-corrected chi connectivity index (χ3v) is 4.56. The van der Waals surface area contributed by atoms with E-state index in [4.69, 9.17) is 4.42 Å². The fourth-order valence-electron chi connectivity index (χ4n) is 3.44. The van der Waals surface area contributed by atoms with Gasteiger partial charge in [-0.3, -0.25) is 4.79 Å². The minimum absolute atomic E-state index is 0.0834. The molecule has 2 aliphatic rings. The zero-order valence-corrected chi connectivity index (χ0v) is 13.7. The molecule has 0 unspecified atom stereocenters. The van der Waals surface area contributed by atoms with Crippen LogP contribution in [0.25, 0.3) is 22.6 Å². The second kappa shape index (κ2) is 6.20. The summed E-state index contributed by atoms with van der Waals surface area (Å²) in [7, 11) is 0. The average Bonchev–Trinajstić information content (AvgIpc) is 2.61. The highest BCUT2D eigenvalue weighted by Crippen LogP contribution is 2.34. The number of halogens is 3. The van der Waals surface area contributed by atoms with Gasteiger partial charge in [-0.1, -0.05) is 24.3 Å². The number of fused-ring (bicyclic) bond motifs is 3. The second-order valence-electron chi connectivity index (χ2n) is 6.24. The van der Waals surface area contributed by atoms with Crippen LogP contribution < -0.4 is 5.43 Å². The van der Waals surface area contributed by atoms with E-state index in [-0.39, 0.29) is 22.3 Å². The van der Waals surface area contributed by atoms with Gasteiger partial charge in [-0.2, -0.15) is 0 Å². The van der Waals surface area contributed by atoms with E-state index in [1.807, 2.05) is 18.2 Å². The maximum atomic E-state index is 13.1. The summed E-state index contributed by atoms with van der Waals surface area (Å²) in [6.45, 7) is 0. The van der Waals surface area contributed by atoms with Gasteiger partial charge in [0.05, 0.1) is 10.9 Å². The minimum atomic E-state index is -4.82. The Morgan fingerprint density at radius 1 is 1.08 bits per heavy atom. The molecule has 0 amide bonds. The number of allylic oxidation sites excluding steroid dienone is 4. The standard InChI is InChI=1S/C20H15F3O3/c21-20(22,23)26-16-8-4-3-7-14(16)15-11-25-17-10-9-12-5-1-2-6-13(12)18(17)19(15)24/h2,6-11H,1,3-5H2. The number of ether oxygens (including phenoxy) is 1. The lowest BCUT2D eigenvalue weighted by molar-refractivity contribution is -0.302. The summed E-state index contributed by atoms with van der Waals surface area (Å²) in [6, 6.07) is 3.65. The summed E-state index contributed by atoms with van der Waals surface area (Å²) in [5.41, 5.74) is 2.09. The van der Waals surface area contributed by atoms with Crippen LogP contribution >= 0.6 is 0 Å². The first-order chi connectivity index (χ1) is 12.4. The van der Waals surface area contributed by atoms with E-state index in [9.17, 15) is 18.0 Å². The molecular weight excluding hydrogens is 345 g/mol. The smallest absolute Gasteiger partial charge is 0.463 e. The first-order valence-electron chi connectivity index (χ1n) is 8.35. The van der Waals surface area contributed by atoms with Gasteiger partial charge in [0.2, 0.25) is 5.43 Å². The van der Waals surface area contributed by atoms with Crippen LogP contribution in [0, 0.1) is 0 Å². The number of aryl methyl sites for hydroxylation is 1. The molecule has 0 fully saturated rings. The molecule has 2 aromatic rings. The molecule has 0 saturated heterocycles. The Bertz CT molecular complexity index is 1020. The molecule has 1 aromatic heterocycles. The zero-order chi connectivity index (χ0) is 18.3. The van der Waals surface area contributed by atoms with Crippen molar-refractivity contribution in [2.75, 3.05) is 0 Å². The number of benzene rings is 1. The lowest BCUT2D eigenvalue weighted by Crippen LogP contribution is -2.18. The molecule has 4 rings (SSSR count). The summed E-state index contributed by atoms with van der Waals surface area (Å²) in [5.74, 6) is -0.351. The van der Waals surface area contributed by atoms with Gasteiger partial charge >= 0.3 is 6.36 Å². The molecule has 134 valence electrons. The largest absolute Gasteiger partial charge is 0.573 e. The van der Waals surface area contributed by atoms with Crippen LogP contribution in [0.4, 0.5) is 13.2 Å². The van der Waals surface area contributed by atoms with Gasteiger partial charge in [-0.15, -0.1) is 13.2 Å². The summed E-state index contributed by atoms with van der Waals surface area (Å²) < 4.78 is 47.8. The van der Waals surface area contributed by atoms with Crippen LogP contribution in [0.5, 0.6) is 0 Å². The van der Waals surface area contributed by atoms with Gasteiger partial charge in [-0.05, 0) is 49.0 Å². The van der Waals surface area contributed by atoms with Gasteiger partial charge < -0.3 is 9.15 Å². The van der Waals surface area contributed by atoms with Crippen LogP contribution in [0.1, 0.15) is 36.0 Å². The SMILES string of the molecule is O=c1c(C2=CCCC=C2OC(F)(F)F)coc2ccc3c(c12)C=CCC3. The van der Waals surface area contributed by atoms with Crippen molar-refractivity contribution >= 4 is 22.6 Å². The van der Waals surface area contributed by atoms with E-state index in [0.29, 0.717) is 23.8 Å². The Labute approximate surface area is 147 Å². The number of rotatable bonds is 2. The molecule has 0 saturated carbocycles. The van der Waals surface area contributed by atoms with Crippen LogP contribution in [-0.4, -0.2) is 6.36 Å². The molecule has 0 aliphatic heterocycles. The minimum Gasteiger partial charge on any atom is -0.463 e. The fraction of sp³-hybridized carbons (Fsp3) is 0.250. The van der Waals surface area contributed by atoms with Gasteiger partial charge in [0.25, 0.3) is 0 Å². The molecule has 1 aromatic carbocycles. The first-order valence-corrected chi connectivity index (χ1v) is 8.35. The Morgan fingerprint density at radius 3 is 2.69 bits per heavy atom. The van der Waals surface area contributed by atoms with Crippen molar-refractivity contribution in [1.82, 2.24) is 0 Å². The summed E-state index contributed by atoms with van der Waals surface area (Å²) in [6.07, 6.45) is 5.85. The van der Waals surface area contributed by atoms with E-state index in [1.54, 1.807) is 12.1 Å². The van der Waals surface area contributed by atoms with E-state index in [1.165, 1.54) is 12.3 Å². The van der Waals surface area contributed by atoms with Crippen molar-refractivity contribution in [2.45, 2.75) is 32.0 Å². The maximum absolute atomic E-state index is 13.1. The van der Waals surface area contributed by atoms with Crippen molar-refractivity contribution in [3.63, 3.8) is 0 Å². The quantitative estimate of drug-likeness (QED) is 0.725. The second-order valence-corrected chi connectivity index (χ2v) is 6.24. The van der Waals surface area contributed by atoms with Crippen LogP contribution in [0.3, 0.4) is 0 Å². The predicted octanol–water partition coefficient (Wildman–Crippen LogP) is 5.35. The van der Waals surface area contributed by atoms with E-state index < -0.39 is 6.36 Å². The molecule has 2 aliphatic carbocycles. The van der Waals surface area contributed by atoms with Gasteiger partial charge in [0, 0.05) is 5.57 Å². The highest BCUT2D eigenvalue weighted by atomic mass is 19.4. The van der Waals surface area contributed by atoms with E-state index >= 15 is 0 Å². The molecular formula is C20H15F3O3. The third kappa shape index (κ3) is 2.96. The average molecular weight is 360 g/mol. The molecule has 1 heterocycles. The van der Waals surface area contributed by atoms with Crippen LogP contribution in [-0.2, 0) is 11.2 Å². The lowest BCUT2D eigenvalue weighted by Gasteiger charge is -2.19. The third-order valence-electron chi connectivity index (χ3n) is 4.56. The number of hydrogen-bond acceptors (Lipinski definition) is 3. The molecule has 26 heavy (non-hydrogen) atoms. The number of alkyl halides is 3. The van der Waals surface area contributed by atoms with Crippen molar-refractivity contribution in [2.24, 2.45) is 0 Å². The summed E-state index contributed by atoms with van der Waals surface area (Å²) in [4.78, 5) is 13.1. The Morgan fingerprint density at radius 2 is 1.88 bits per heavy atom. The van der Waals surface area contributed by atoms with Crippen molar-refractivity contribution in [3.8, 4) is 0 Å². The lowest BCUT2D eigenvalue weighted by atomic mass is 9.92. The fourth-order valence-corrected chi connectivity index (χ4v) is 3.44. The Kier molecular flexibility index (Phi) is 3.98. The first kappa shape index (κ1) is 16.7. The molecule has 0 bridgehead atoms. The maximum Gasteiger partial charge on any atom is 0.573 e. The van der Waals surface area contributed by atoms with Gasteiger partial charge in [0.1, 0.15) is 17.6 Å². The van der Waals surface area contributed by atoms with E-state index in [0.717, 1.165) is 24.0 Å². The molecule has 3 nitrogen and oxygen atoms in total. The van der Waals surface area contributed by atoms with Crippen LogP contribution in [0.15, 0.2) is 51.6 Å². The summed E-state index contributed by atoms with van der Waals surface area (Å²) in [5, 5.41) is 0.397. The van der Waals surface area contributed by atoms with Gasteiger partial charge in [-0.25, -0.2) is 0 Å². The molecule has 0 N–H and O–H groups in total. The van der Waals surface area contributed by atoms with Crippen molar-refractivity contribution in [1.29, 1.82) is 0 Å². The molecule has 0 radical (unpaired) electrons. The zero-order valence-electron chi connectivity index (χ0n) is 13.7. The van der Waals surface area contributed by atoms with Crippen molar-refractivity contribution < 1.29 is 22.3 Å². The normalized spacial score (nSPS) is 16.9. The summed E-state index contributed by atoms with van der Waals surface area (Å²) >= 11 is 0. The highest BCUT2D eigenvalue weighted by Gasteiger charge is 2.34. The predicted molar refractivity (Wildman–Crippen MR) is 92.3 cm³/mol. The van der Waals surface area contributed by atoms with Crippen molar-refractivity contribution in [3.05, 3.63) is 69.3 Å². The van der Waals surface area contributed by atoms with E-state index in [2.05, 4.69) is 4.74 Å². The Balaban J connectivity index is 1.89.